The molecule has 5 nitrogen and oxygen atoms in total. The lowest BCUT2D eigenvalue weighted by Crippen LogP contribution is -2.08. The van der Waals surface area contributed by atoms with Gasteiger partial charge in [0.15, 0.2) is 23.1 Å². The highest BCUT2D eigenvalue weighted by atomic mass is 35.5. The van der Waals surface area contributed by atoms with Gasteiger partial charge in [-0.3, -0.25) is 0 Å². The molecule has 0 amide bonds. The number of carbonyl (C=O) groups is 1. The van der Waals surface area contributed by atoms with Crippen LogP contribution in [0.4, 0.5) is 4.39 Å². The van der Waals surface area contributed by atoms with Gasteiger partial charge in [0.2, 0.25) is 0 Å². The molecule has 2 aromatic rings. The first-order valence-corrected chi connectivity index (χ1v) is 5.58. The first-order valence-electron chi connectivity index (χ1n) is 5.20. The zero-order valence-corrected chi connectivity index (χ0v) is 10.3. The number of aromatic nitrogens is 2. The zero-order chi connectivity index (χ0) is 13.8. The Bertz CT molecular complexity index is 622. The van der Waals surface area contributed by atoms with E-state index in [2.05, 4.69) is 9.97 Å². The average molecular weight is 283 g/mol. The van der Waals surface area contributed by atoms with E-state index in [0.717, 1.165) is 6.20 Å². The van der Waals surface area contributed by atoms with Crippen molar-refractivity contribution >= 4 is 17.6 Å². The number of ether oxygens (including phenoxy) is 1. The number of para-hydroxylation sites is 1. The summed E-state index contributed by atoms with van der Waals surface area (Å²) in [6.07, 6.45) is 1.16. The summed E-state index contributed by atoms with van der Waals surface area (Å²) in [6, 6.07) is 5.84. The molecule has 19 heavy (non-hydrogen) atoms. The predicted molar refractivity (Wildman–Crippen MR) is 64.7 cm³/mol. The molecule has 0 bridgehead atoms. The van der Waals surface area contributed by atoms with Crippen LogP contribution in [-0.2, 0) is 6.61 Å². The van der Waals surface area contributed by atoms with Gasteiger partial charge in [0.05, 0.1) is 11.2 Å². The molecule has 0 spiro atoms. The molecule has 0 fully saturated rings. The van der Waals surface area contributed by atoms with Crippen molar-refractivity contribution in [1.82, 2.24) is 9.97 Å². The van der Waals surface area contributed by atoms with Crippen LogP contribution < -0.4 is 4.74 Å². The molecule has 1 aromatic heterocycles. The Hall–Kier alpha value is -2.21. The van der Waals surface area contributed by atoms with Gasteiger partial charge in [-0.2, -0.15) is 0 Å². The van der Waals surface area contributed by atoms with E-state index in [-0.39, 0.29) is 28.9 Å². The van der Waals surface area contributed by atoms with Crippen LogP contribution in [0, 0.1) is 5.82 Å². The maximum atomic E-state index is 13.3. The van der Waals surface area contributed by atoms with Crippen molar-refractivity contribution < 1.29 is 19.0 Å². The smallest absolute Gasteiger partial charge is 0.356 e. The van der Waals surface area contributed by atoms with Gasteiger partial charge in [0.1, 0.15) is 6.61 Å². The molecule has 7 heteroatoms. The molecule has 0 aliphatic carbocycles. The maximum Gasteiger partial charge on any atom is 0.356 e. The number of benzene rings is 1. The Kier molecular flexibility index (Phi) is 3.91. The quantitative estimate of drug-likeness (QED) is 0.933. The largest absolute Gasteiger partial charge is 0.483 e. The molecule has 1 aromatic carbocycles. The van der Waals surface area contributed by atoms with E-state index in [9.17, 15) is 9.18 Å². The van der Waals surface area contributed by atoms with Gasteiger partial charge in [-0.1, -0.05) is 23.7 Å². The number of hydrogen-bond donors (Lipinski definition) is 1. The van der Waals surface area contributed by atoms with E-state index >= 15 is 0 Å². The second-order valence-corrected chi connectivity index (χ2v) is 3.91. The van der Waals surface area contributed by atoms with Crippen LogP contribution >= 0.6 is 11.6 Å². The molecular formula is C12H8ClFN2O3. The number of rotatable bonds is 4. The summed E-state index contributed by atoms with van der Waals surface area (Å²) in [7, 11) is 0. The van der Waals surface area contributed by atoms with Crippen LogP contribution in [0.1, 0.15) is 16.3 Å². The minimum absolute atomic E-state index is 0.0397. The van der Waals surface area contributed by atoms with Crippen molar-refractivity contribution in [2.75, 3.05) is 0 Å². The molecular weight excluding hydrogens is 275 g/mol. The van der Waals surface area contributed by atoms with Gasteiger partial charge in [-0.05, 0) is 12.1 Å². The molecule has 2 rings (SSSR count). The summed E-state index contributed by atoms with van der Waals surface area (Å²) in [5.74, 6) is -1.64. The highest BCUT2D eigenvalue weighted by Crippen LogP contribution is 2.17. The van der Waals surface area contributed by atoms with Crippen molar-refractivity contribution in [2.45, 2.75) is 6.61 Å². The Morgan fingerprint density at radius 1 is 1.42 bits per heavy atom. The van der Waals surface area contributed by atoms with Crippen LogP contribution in [0.25, 0.3) is 0 Å². The fourth-order valence-corrected chi connectivity index (χ4v) is 1.50. The summed E-state index contributed by atoms with van der Waals surface area (Å²) < 4.78 is 18.4. The summed E-state index contributed by atoms with van der Waals surface area (Å²) in [4.78, 5) is 18.4. The molecule has 0 unspecified atom stereocenters. The minimum Gasteiger partial charge on any atom is -0.483 e. The van der Waals surface area contributed by atoms with E-state index in [1.807, 2.05) is 0 Å². The summed E-state index contributed by atoms with van der Waals surface area (Å²) in [5.41, 5.74) is -0.316. The van der Waals surface area contributed by atoms with Gasteiger partial charge in [-0.15, -0.1) is 0 Å². The average Bonchev–Trinajstić information content (AvgIpc) is 2.39. The third-order valence-electron chi connectivity index (χ3n) is 2.19. The number of nitrogens with zero attached hydrogens (tertiary/aromatic N) is 2. The number of hydrogen-bond acceptors (Lipinski definition) is 4. The third kappa shape index (κ3) is 3.17. The Labute approximate surface area is 112 Å². The molecule has 98 valence electrons. The highest BCUT2D eigenvalue weighted by molar-refractivity contribution is 6.33. The molecule has 0 aliphatic heterocycles. The molecule has 0 saturated carbocycles. The lowest BCUT2D eigenvalue weighted by Gasteiger charge is -2.06. The van der Waals surface area contributed by atoms with Crippen molar-refractivity contribution in [3.05, 3.63) is 52.8 Å². The second kappa shape index (κ2) is 5.62. The Balaban J connectivity index is 2.14. The fourth-order valence-electron chi connectivity index (χ4n) is 1.33. The molecule has 0 saturated heterocycles. The first kappa shape index (κ1) is 13.2. The monoisotopic (exact) mass is 282 g/mol. The minimum atomic E-state index is -1.26. The van der Waals surface area contributed by atoms with Crippen LogP contribution in [0.15, 0.2) is 30.5 Å². The summed E-state index contributed by atoms with van der Waals surface area (Å²) >= 11 is 5.63. The van der Waals surface area contributed by atoms with Crippen molar-refractivity contribution in [1.29, 1.82) is 0 Å². The third-order valence-corrected chi connectivity index (χ3v) is 2.47. The van der Waals surface area contributed by atoms with Crippen molar-refractivity contribution in [2.24, 2.45) is 0 Å². The molecule has 1 heterocycles. The maximum absolute atomic E-state index is 13.3. The lowest BCUT2D eigenvalue weighted by molar-refractivity contribution is 0.0689. The number of carboxylic acid groups (broad SMARTS) is 1. The van der Waals surface area contributed by atoms with E-state index in [0.29, 0.717) is 0 Å². The number of carboxylic acids is 1. The van der Waals surface area contributed by atoms with Crippen LogP contribution in [0.3, 0.4) is 0 Å². The van der Waals surface area contributed by atoms with Crippen LogP contribution in [0.2, 0.25) is 5.02 Å². The standard InChI is InChI=1S/C12H8ClFN2O3/c13-7-5-15-10(16-11(7)12(17)18)6-19-9-4-2-1-3-8(9)14/h1-5H,6H2,(H,17,18). The van der Waals surface area contributed by atoms with E-state index < -0.39 is 11.8 Å². The van der Waals surface area contributed by atoms with E-state index in [1.54, 1.807) is 6.07 Å². The Morgan fingerprint density at radius 3 is 2.84 bits per heavy atom. The van der Waals surface area contributed by atoms with Gasteiger partial charge >= 0.3 is 5.97 Å². The normalized spacial score (nSPS) is 10.2. The van der Waals surface area contributed by atoms with Crippen LogP contribution in [-0.4, -0.2) is 21.0 Å². The van der Waals surface area contributed by atoms with Gasteiger partial charge in [0, 0.05) is 0 Å². The van der Waals surface area contributed by atoms with Crippen LogP contribution in [0.5, 0.6) is 5.75 Å². The van der Waals surface area contributed by atoms with Crippen molar-refractivity contribution in [3.8, 4) is 5.75 Å². The highest BCUT2D eigenvalue weighted by Gasteiger charge is 2.13. The van der Waals surface area contributed by atoms with E-state index in [1.165, 1.54) is 18.2 Å². The summed E-state index contributed by atoms with van der Waals surface area (Å²) in [6.45, 7) is -0.154. The predicted octanol–water partition coefficient (Wildman–Crippen LogP) is 2.55. The number of aromatic carboxylic acids is 1. The zero-order valence-electron chi connectivity index (χ0n) is 9.51. The van der Waals surface area contributed by atoms with Crippen molar-refractivity contribution in [3.63, 3.8) is 0 Å². The van der Waals surface area contributed by atoms with E-state index in [4.69, 9.17) is 21.4 Å². The SMILES string of the molecule is O=C(O)c1nc(COc2ccccc2F)ncc1Cl. The first-order chi connectivity index (χ1) is 9.08. The molecule has 0 aliphatic rings. The second-order valence-electron chi connectivity index (χ2n) is 3.51. The molecule has 0 radical (unpaired) electrons. The lowest BCUT2D eigenvalue weighted by atomic mass is 10.3. The summed E-state index contributed by atoms with van der Waals surface area (Å²) in [5, 5.41) is 8.78. The topological polar surface area (TPSA) is 72.3 Å². The van der Waals surface area contributed by atoms with Gasteiger partial charge in [0.25, 0.3) is 0 Å². The van der Waals surface area contributed by atoms with Gasteiger partial charge < -0.3 is 9.84 Å². The fraction of sp³-hybridized carbons (Fsp3) is 0.0833. The molecule has 0 atom stereocenters. The molecule has 1 N–H and O–H groups in total. The van der Waals surface area contributed by atoms with Gasteiger partial charge in [-0.25, -0.2) is 19.2 Å². The Morgan fingerprint density at radius 2 is 2.16 bits per heavy atom. The number of halogens is 2.